The van der Waals surface area contributed by atoms with Crippen molar-refractivity contribution >= 4 is 29.1 Å². The summed E-state index contributed by atoms with van der Waals surface area (Å²) in [6.45, 7) is 2.01. The van der Waals surface area contributed by atoms with E-state index in [2.05, 4.69) is 10.6 Å². The first-order chi connectivity index (χ1) is 11.0. The lowest BCUT2D eigenvalue weighted by Gasteiger charge is -2.16. The maximum Gasteiger partial charge on any atom is 0.250 e. The van der Waals surface area contributed by atoms with Crippen molar-refractivity contribution in [3.05, 3.63) is 64.7 Å². The molecule has 0 heterocycles. The third-order valence-corrected chi connectivity index (χ3v) is 3.75. The molecule has 0 aliphatic heterocycles. The Morgan fingerprint density at radius 1 is 1.13 bits per heavy atom. The number of hydrogen-bond acceptors (Lipinski definition) is 3. The molecule has 4 N–H and O–H groups in total. The van der Waals surface area contributed by atoms with Crippen molar-refractivity contribution in [2.24, 2.45) is 5.73 Å². The molecular weight excluding hydrogens is 314 g/mol. The maximum absolute atomic E-state index is 12.0. The predicted octanol–water partition coefficient (Wildman–Crippen LogP) is 2.73. The third-order valence-electron chi connectivity index (χ3n) is 3.41. The SMILES string of the molecule is CC(NCC(=O)Nc1ccccc1C(N)=O)c1ccccc1Cl. The van der Waals surface area contributed by atoms with Crippen molar-refractivity contribution in [2.75, 3.05) is 11.9 Å². The van der Waals surface area contributed by atoms with Gasteiger partial charge in [0.05, 0.1) is 17.8 Å². The number of hydrogen-bond donors (Lipinski definition) is 3. The van der Waals surface area contributed by atoms with E-state index < -0.39 is 5.91 Å². The van der Waals surface area contributed by atoms with Gasteiger partial charge in [-0.25, -0.2) is 0 Å². The van der Waals surface area contributed by atoms with E-state index in [-0.39, 0.29) is 24.1 Å². The fraction of sp³-hybridized carbons (Fsp3) is 0.176. The first-order valence-electron chi connectivity index (χ1n) is 7.15. The molecule has 0 saturated heterocycles. The van der Waals surface area contributed by atoms with Crippen LogP contribution in [0.2, 0.25) is 5.02 Å². The summed E-state index contributed by atoms with van der Waals surface area (Å²) >= 11 is 6.13. The summed E-state index contributed by atoms with van der Waals surface area (Å²) in [5, 5.41) is 6.42. The van der Waals surface area contributed by atoms with Crippen LogP contribution in [0, 0.1) is 0 Å². The fourth-order valence-corrected chi connectivity index (χ4v) is 2.48. The largest absolute Gasteiger partial charge is 0.366 e. The first kappa shape index (κ1) is 17.0. The molecule has 0 saturated carbocycles. The van der Waals surface area contributed by atoms with Gasteiger partial charge in [0, 0.05) is 11.1 Å². The van der Waals surface area contributed by atoms with Crippen molar-refractivity contribution in [1.82, 2.24) is 5.32 Å². The zero-order chi connectivity index (χ0) is 16.8. The molecule has 1 unspecified atom stereocenters. The second kappa shape index (κ2) is 7.76. The number of primary amides is 1. The highest BCUT2D eigenvalue weighted by atomic mass is 35.5. The normalized spacial score (nSPS) is 11.7. The van der Waals surface area contributed by atoms with Crippen molar-refractivity contribution in [2.45, 2.75) is 13.0 Å². The van der Waals surface area contributed by atoms with Gasteiger partial charge in [-0.15, -0.1) is 0 Å². The zero-order valence-corrected chi connectivity index (χ0v) is 13.4. The smallest absolute Gasteiger partial charge is 0.250 e. The van der Waals surface area contributed by atoms with Crippen molar-refractivity contribution in [1.29, 1.82) is 0 Å². The quantitative estimate of drug-likeness (QED) is 0.761. The van der Waals surface area contributed by atoms with Gasteiger partial charge in [0.15, 0.2) is 0 Å². The molecule has 2 rings (SSSR count). The van der Waals surface area contributed by atoms with E-state index in [1.165, 1.54) is 0 Å². The Hall–Kier alpha value is -2.37. The van der Waals surface area contributed by atoms with E-state index in [0.29, 0.717) is 10.7 Å². The molecule has 1 atom stereocenters. The molecular formula is C17H18ClN3O2. The van der Waals surface area contributed by atoms with Gasteiger partial charge in [-0.05, 0) is 30.7 Å². The van der Waals surface area contributed by atoms with E-state index in [1.54, 1.807) is 30.3 Å². The lowest BCUT2D eigenvalue weighted by Crippen LogP contribution is -2.31. The Labute approximate surface area is 139 Å². The second-order valence-electron chi connectivity index (χ2n) is 5.08. The standard InChI is InChI=1S/C17H18ClN3O2/c1-11(12-6-2-4-8-14(12)18)20-10-16(22)21-15-9-5-3-7-13(15)17(19)23/h2-9,11,20H,10H2,1H3,(H2,19,23)(H,21,22). The summed E-state index contributed by atoms with van der Waals surface area (Å²) in [7, 11) is 0. The number of nitrogens with two attached hydrogens (primary N) is 1. The maximum atomic E-state index is 12.0. The molecule has 0 aliphatic rings. The predicted molar refractivity (Wildman–Crippen MR) is 91.5 cm³/mol. The molecule has 0 spiro atoms. The Kier molecular flexibility index (Phi) is 5.73. The number of para-hydroxylation sites is 1. The first-order valence-corrected chi connectivity index (χ1v) is 7.53. The van der Waals surface area contributed by atoms with Crippen LogP contribution in [0.3, 0.4) is 0 Å². The zero-order valence-electron chi connectivity index (χ0n) is 12.7. The van der Waals surface area contributed by atoms with Crippen molar-refractivity contribution in [3.63, 3.8) is 0 Å². The van der Waals surface area contributed by atoms with Crippen LogP contribution in [0.1, 0.15) is 28.9 Å². The van der Waals surface area contributed by atoms with Crippen LogP contribution in [0.25, 0.3) is 0 Å². The number of amides is 2. The summed E-state index contributed by atoms with van der Waals surface area (Å²) in [5.74, 6) is -0.851. The minimum Gasteiger partial charge on any atom is -0.366 e. The van der Waals surface area contributed by atoms with E-state index in [4.69, 9.17) is 17.3 Å². The summed E-state index contributed by atoms with van der Waals surface area (Å²) in [4.78, 5) is 23.4. The average Bonchev–Trinajstić information content (AvgIpc) is 2.53. The average molecular weight is 332 g/mol. The van der Waals surface area contributed by atoms with Crippen LogP contribution in [-0.4, -0.2) is 18.4 Å². The van der Waals surface area contributed by atoms with Gasteiger partial charge in [0.25, 0.3) is 5.91 Å². The summed E-state index contributed by atoms with van der Waals surface area (Å²) < 4.78 is 0. The van der Waals surface area contributed by atoms with E-state index >= 15 is 0 Å². The molecule has 120 valence electrons. The number of nitrogens with one attached hydrogen (secondary N) is 2. The Bertz CT molecular complexity index is 718. The van der Waals surface area contributed by atoms with Gasteiger partial charge in [-0.3, -0.25) is 9.59 Å². The van der Waals surface area contributed by atoms with Gasteiger partial charge >= 0.3 is 0 Å². The molecule has 2 aromatic carbocycles. The lowest BCUT2D eigenvalue weighted by molar-refractivity contribution is -0.115. The highest BCUT2D eigenvalue weighted by Crippen LogP contribution is 2.22. The summed E-state index contributed by atoms with van der Waals surface area (Å²) in [6.07, 6.45) is 0. The lowest BCUT2D eigenvalue weighted by atomic mass is 10.1. The second-order valence-corrected chi connectivity index (χ2v) is 5.49. The van der Waals surface area contributed by atoms with Crippen molar-refractivity contribution in [3.8, 4) is 0 Å². The molecule has 2 aromatic rings. The third kappa shape index (κ3) is 4.55. The number of halogens is 1. The number of carbonyl (C=O) groups is 2. The van der Waals surface area contributed by atoms with Gasteiger partial charge in [0.2, 0.25) is 5.91 Å². The van der Waals surface area contributed by atoms with Gasteiger partial charge in [-0.1, -0.05) is 41.9 Å². The molecule has 23 heavy (non-hydrogen) atoms. The summed E-state index contributed by atoms with van der Waals surface area (Å²) in [6, 6.07) is 14.0. The Balaban J connectivity index is 1.96. The highest BCUT2D eigenvalue weighted by Gasteiger charge is 2.13. The van der Waals surface area contributed by atoms with E-state index in [9.17, 15) is 9.59 Å². The van der Waals surface area contributed by atoms with Gasteiger partial charge < -0.3 is 16.4 Å². The number of anilines is 1. The van der Waals surface area contributed by atoms with Crippen LogP contribution in [0.15, 0.2) is 48.5 Å². The van der Waals surface area contributed by atoms with E-state index in [0.717, 1.165) is 5.56 Å². The molecule has 0 aliphatic carbocycles. The minimum atomic E-state index is -0.585. The highest BCUT2D eigenvalue weighted by molar-refractivity contribution is 6.31. The Morgan fingerprint density at radius 2 is 1.78 bits per heavy atom. The number of carbonyl (C=O) groups excluding carboxylic acids is 2. The molecule has 5 nitrogen and oxygen atoms in total. The minimum absolute atomic E-state index is 0.0826. The van der Waals surface area contributed by atoms with Crippen LogP contribution >= 0.6 is 11.6 Å². The molecule has 0 fully saturated rings. The monoisotopic (exact) mass is 331 g/mol. The van der Waals surface area contributed by atoms with Crippen LogP contribution in [0.5, 0.6) is 0 Å². The topological polar surface area (TPSA) is 84.2 Å². The van der Waals surface area contributed by atoms with Gasteiger partial charge in [0.1, 0.15) is 0 Å². The van der Waals surface area contributed by atoms with Crippen LogP contribution in [0.4, 0.5) is 5.69 Å². The fourth-order valence-electron chi connectivity index (χ4n) is 2.18. The van der Waals surface area contributed by atoms with Crippen molar-refractivity contribution < 1.29 is 9.59 Å². The van der Waals surface area contributed by atoms with Crippen LogP contribution in [-0.2, 0) is 4.79 Å². The molecule has 6 heteroatoms. The molecule has 0 radical (unpaired) electrons. The van der Waals surface area contributed by atoms with E-state index in [1.807, 2.05) is 25.1 Å². The number of benzene rings is 2. The molecule has 2 amide bonds. The Morgan fingerprint density at radius 3 is 2.48 bits per heavy atom. The molecule has 0 aromatic heterocycles. The summed E-state index contributed by atoms with van der Waals surface area (Å²) in [5.41, 5.74) is 6.88. The van der Waals surface area contributed by atoms with Gasteiger partial charge in [-0.2, -0.15) is 0 Å². The molecule has 0 bridgehead atoms. The number of rotatable bonds is 6. The van der Waals surface area contributed by atoms with Crippen LogP contribution < -0.4 is 16.4 Å².